The number of nitrogens with zero attached hydrogens (tertiary/aromatic N) is 1. The number of ether oxygens (including phenoxy) is 1. The maximum absolute atomic E-state index is 12.0. The molecule has 0 saturated carbocycles. The Hall–Kier alpha value is -1.57. The number of aliphatic imine (C=N–C) groups is 1. The molecule has 0 aliphatic carbocycles. The summed E-state index contributed by atoms with van der Waals surface area (Å²) in [6.07, 6.45) is -1.03. The zero-order chi connectivity index (χ0) is 12.2. The Kier molecular flexibility index (Phi) is 3.53. The summed E-state index contributed by atoms with van der Waals surface area (Å²) in [4.78, 5) is 15.0. The molecule has 16 heavy (non-hydrogen) atoms. The normalized spacial score (nSPS) is 24.0. The molecular formula is C8H10F3N3O2. The Bertz CT molecular complexity index is 327. The lowest BCUT2D eigenvalue weighted by molar-refractivity contribution is -0.197. The fraction of sp³-hybridized carbons (Fsp3) is 0.500. The number of likely N-dealkylation sites (N-methyl/N-ethyl adjacent to an activating group) is 1. The Morgan fingerprint density at radius 2 is 2.31 bits per heavy atom. The third-order valence-electron chi connectivity index (χ3n) is 1.74. The van der Waals surface area contributed by atoms with Gasteiger partial charge in [-0.3, -0.25) is 9.79 Å². The Morgan fingerprint density at radius 3 is 2.75 bits per heavy atom. The largest absolute Gasteiger partial charge is 0.411 e. The Morgan fingerprint density at radius 1 is 1.62 bits per heavy atom. The number of amides is 1. The van der Waals surface area contributed by atoms with Crippen molar-refractivity contribution >= 4 is 12.1 Å². The smallest absolute Gasteiger partial charge is 0.355 e. The van der Waals surface area contributed by atoms with E-state index in [0.29, 0.717) is 0 Å². The van der Waals surface area contributed by atoms with Gasteiger partial charge in [-0.15, -0.1) is 0 Å². The van der Waals surface area contributed by atoms with E-state index in [1.54, 1.807) is 0 Å². The van der Waals surface area contributed by atoms with Crippen molar-refractivity contribution in [2.24, 2.45) is 4.99 Å². The highest BCUT2D eigenvalue weighted by molar-refractivity contribution is 6.02. The summed E-state index contributed by atoms with van der Waals surface area (Å²) in [5.41, 5.74) is -1.90. The standard InChI is InChI=1S/C8H10F3N3O2/c1-12-6(15)7(4-13-2-3-14-7)16-5-8(9,10)11/h2-4,14H,5H2,1H3,(H,12,15). The third-order valence-corrected chi connectivity index (χ3v) is 1.74. The van der Waals surface area contributed by atoms with Gasteiger partial charge >= 0.3 is 6.18 Å². The van der Waals surface area contributed by atoms with Gasteiger partial charge < -0.3 is 15.4 Å². The highest BCUT2D eigenvalue weighted by Crippen LogP contribution is 2.19. The lowest BCUT2D eigenvalue weighted by Gasteiger charge is -2.30. The summed E-state index contributed by atoms with van der Waals surface area (Å²) >= 11 is 0. The summed E-state index contributed by atoms with van der Waals surface area (Å²) in [5.74, 6) is -0.759. The number of hydrogen-bond acceptors (Lipinski definition) is 4. The van der Waals surface area contributed by atoms with Gasteiger partial charge in [0.1, 0.15) is 6.61 Å². The summed E-state index contributed by atoms with van der Waals surface area (Å²) in [6, 6.07) is 0. The van der Waals surface area contributed by atoms with E-state index in [0.717, 1.165) is 6.21 Å². The molecule has 0 aromatic heterocycles. The van der Waals surface area contributed by atoms with Crippen LogP contribution in [0.4, 0.5) is 13.2 Å². The van der Waals surface area contributed by atoms with Crippen molar-refractivity contribution in [3.05, 3.63) is 12.4 Å². The molecule has 1 aliphatic heterocycles. The summed E-state index contributed by atoms with van der Waals surface area (Å²) in [5, 5.41) is 4.58. The van der Waals surface area contributed by atoms with Crippen molar-refractivity contribution in [2.75, 3.05) is 13.7 Å². The molecule has 1 heterocycles. The summed E-state index contributed by atoms with van der Waals surface area (Å²) in [6.45, 7) is -1.55. The molecule has 1 aliphatic rings. The van der Waals surface area contributed by atoms with E-state index in [4.69, 9.17) is 0 Å². The minimum Gasteiger partial charge on any atom is -0.355 e. The van der Waals surface area contributed by atoms with Crippen molar-refractivity contribution in [1.82, 2.24) is 10.6 Å². The molecule has 1 atom stereocenters. The van der Waals surface area contributed by atoms with E-state index in [-0.39, 0.29) is 0 Å². The van der Waals surface area contributed by atoms with Gasteiger partial charge in [-0.1, -0.05) is 0 Å². The molecule has 0 aromatic carbocycles. The van der Waals surface area contributed by atoms with E-state index in [1.807, 2.05) is 0 Å². The molecule has 0 bridgehead atoms. The third kappa shape index (κ3) is 2.96. The highest BCUT2D eigenvalue weighted by Gasteiger charge is 2.41. The van der Waals surface area contributed by atoms with Crippen LogP contribution in [0.1, 0.15) is 0 Å². The van der Waals surface area contributed by atoms with Gasteiger partial charge in [-0.2, -0.15) is 13.2 Å². The van der Waals surface area contributed by atoms with Gasteiger partial charge in [-0.05, 0) is 0 Å². The number of halogens is 3. The van der Waals surface area contributed by atoms with Crippen molar-refractivity contribution in [2.45, 2.75) is 11.9 Å². The maximum Gasteiger partial charge on any atom is 0.411 e. The quantitative estimate of drug-likeness (QED) is 0.734. The monoisotopic (exact) mass is 237 g/mol. The molecular weight excluding hydrogens is 227 g/mol. The topological polar surface area (TPSA) is 62.7 Å². The molecule has 1 rings (SSSR count). The van der Waals surface area contributed by atoms with Crippen LogP contribution >= 0.6 is 0 Å². The fourth-order valence-corrected chi connectivity index (χ4v) is 1.04. The van der Waals surface area contributed by atoms with Crippen molar-refractivity contribution in [3.63, 3.8) is 0 Å². The van der Waals surface area contributed by atoms with Crippen molar-refractivity contribution in [1.29, 1.82) is 0 Å². The van der Waals surface area contributed by atoms with E-state index >= 15 is 0 Å². The first-order valence-corrected chi connectivity index (χ1v) is 4.29. The predicted octanol–water partition coefficient (Wildman–Crippen LogP) is 0.153. The zero-order valence-corrected chi connectivity index (χ0v) is 8.34. The van der Waals surface area contributed by atoms with Gasteiger partial charge in [-0.25, -0.2) is 0 Å². The van der Waals surface area contributed by atoms with Crippen LogP contribution in [0.5, 0.6) is 0 Å². The van der Waals surface area contributed by atoms with Gasteiger partial charge in [0.05, 0.1) is 6.21 Å². The molecule has 0 fully saturated rings. The van der Waals surface area contributed by atoms with E-state index < -0.39 is 24.4 Å². The van der Waals surface area contributed by atoms with Crippen molar-refractivity contribution < 1.29 is 22.7 Å². The fourth-order valence-electron chi connectivity index (χ4n) is 1.04. The van der Waals surface area contributed by atoms with Gasteiger partial charge in [0, 0.05) is 19.4 Å². The van der Waals surface area contributed by atoms with E-state index in [9.17, 15) is 18.0 Å². The number of carbonyl (C=O) groups excluding carboxylic acids is 1. The minimum absolute atomic E-state index is 0.759. The van der Waals surface area contributed by atoms with Crippen LogP contribution < -0.4 is 10.6 Å². The van der Waals surface area contributed by atoms with Gasteiger partial charge in [0.15, 0.2) is 0 Å². The number of alkyl halides is 3. The zero-order valence-electron chi connectivity index (χ0n) is 8.34. The number of nitrogens with one attached hydrogen (secondary N) is 2. The van der Waals surface area contributed by atoms with Crippen molar-refractivity contribution in [3.8, 4) is 0 Å². The van der Waals surface area contributed by atoms with E-state index in [2.05, 4.69) is 20.4 Å². The molecule has 5 nitrogen and oxygen atoms in total. The first-order chi connectivity index (χ1) is 7.40. The van der Waals surface area contributed by atoms with Crippen LogP contribution in [-0.4, -0.2) is 37.7 Å². The number of hydrogen-bond donors (Lipinski definition) is 2. The second-order valence-corrected chi connectivity index (χ2v) is 2.96. The van der Waals surface area contributed by atoms with Gasteiger partial charge in [0.25, 0.3) is 11.6 Å². The second-order valence-electron chi connectivity index (χ2n) is 2.96. The molecule has 1 amide bonds. The lowest BCUT2D eigenvalue weighted by Crippen LogP contribution is -2.59. The second kappa shape index (κ2) is 4.52. The first kappa shape index (κ1) is 12.5. The molecule has 1 unspecified atom stereocenters. The van der Waals surface area contributed by atoms with Crippen LogP contribution in [0.2, 0.25) is 0 Å². The predicted molar refractivity (Wildman–Crippen MR) is 49.6 cm³/mol. The highest BCUT2D eigenvalue weighted by atomic mass is 19.4. The summed E-state index contributed by atoms with van der Waals surface area (Å²) in [7, 11) is 1.29. The molecule has 0 saturated heterocycles. The van der Waals surface area contributed by atoms with Crippen LogP contribution in [-0.2, 0) is 9.53 Å². The number of rotatable bonds is 3. The van der Waals surface area contributed by atoms with Crippen LogP contribution in [0.15, 0.2) is 17.4 Å². The Labute approximate surface area is 89.4 Å². The van der Waals surface area contributed by atoms with Crippen LogP contribution in [0.25, 0.3) is 0 Å². The average molecular weight is 237 g/mol. The molecule has 0 aromatic rings. The lowest BCUT2D eigenvalue weighted by atomic mass is 10.2. The van der Waals surface area contributed by atoms with E-state index in [1.165, 1.54) is 19.4 Å². The van der Waals surface area contributed by atoms with Crippen LogP contribution in [0.3, 0.4) is 0 Å². The maximum atomic E-state index is 12.0. The number of carbonyl (C=O) groups is 1. The van der Waals surface area contributed by atoms with Crippen LogP contribution in [0, 0.1) is 0 Å². The average Bonchev–Trinajstić information content (AvgIpc) is 2.25. The minimum atomic E-state index is -4.52. The van der Waals surface area contributed by atoms with Gasteiger partial charge in [0.2, 0.25) is 0 Å². The SMILES string of the molecule is CNC(=O)C1(OCC(F)(F)F)C=NC=CN1. The molecule has 0 spiro atoms. The Balaban J connectivity index is 2.77. The summed E-state index contributed by atoms with van der Waals surface area (Å²) < 4.78 is 40.5. The molecule has 0 radical (unpaired) electrons. The molecule has 8 heteroatoms. The molecule has 2 N–H and O–H groups in total. The molecule has 90 valence electrons. The first-order valence-electron chi connectivity index (χ1n) is 4.29.